The minimum atomic E-state index is -4.20. The van der Waals surface area contributed by atoms with Crippen molar-refractivity contribution in [2.24, 2.45) is 5.92 Å². The minimum absolute atomic E-state index is 0.00831. The Morgan fingerprint density at radius 2 is 1.62 bits per heavy atom. The van der Waals surface area contributed by atoms with Crippen molar-refractivity contribution in [1.29, 1.82) is 0 Å². The molecule has 2 amide bonds. The SMILES string of the molecule is CCC(C(=O)NCC(C)C)N(Cc1ccc(F)cc1)C(=O)CN(c1cccc(Cl)c1C)S(=O)(=O)c1ccccc1. The summed E-state index contributed by atoms with van der Waals surface area (Å²) in [5.74, 6) is -1.17. The van der Waals surface area contributed by atoms with Gasteiger partial charge in [0.25, 0.3) is 10.0 Å². The molecule has 0 aliphatic rings. The molecule has 214 valence electrons. The smallest absolute Gasteiger partial charge is 0.264 e. The van der Waals surface area contributed by atoms with E-state index < -0.39 is 34.3 Å². The lowest BCUT2D eigenvalue weighted by Crippen LogP contribution is -2.52. The summed E-state index contributed by atoms with van der Waals surface area (Å²) in [5.41, 5.74) is 1.34. The second kappa shape index (κ2) is 13.8. The molecule has 1 N–H and O–H groups in total. The molecule has 1 atom stereocenters. The van der Waals surface area contributed by atoms with Crippen LogP contribution in [0.15, 0.2) is 77.7 Å². The lowest BCUT2D eigenvalue weighted by atomic mass is 10.1. The summed E-state index contributed by atoms with van der Waals surface area (Å²) in [7, 11) is -4.20. The van der Waals surface area contributed by atoms with Gasteiger partial charge >= 0.3 is 0 Å². The van der Waals surface area contributed by atoms with Gasteiger partial charge in [-0.05, 0) is 66.8 Å². The first-order valence-corrected chi connectivity index (χ1v) is 14.9. The zero-order valence-electron chi connectivity index (χ0n) is 23.1. The number of hydrogen-bond acceptors (Lipinski definition) is 4. The second-order valence-corrected chi connectivity index (χ2v) is 12.2. The van der Waals surface area contributed by atoms with Crippen LogP contribution in [0.4, 0.5) is 10.1 Å². The number of sulfonamides is 1. The molecule has 0 aliphatic heterocycles. The number of halogens is 2. The molecular formula is C30H35ClFN3O4S. The fourth-order valence-electron chi connectivity index (χ4n) is 4.23. The summed E-state index contributed by atoms with van der Waals surface area (Å²) in [6, 6.07) is 17.4. The van der Waals surface area contributed by atoms with Gasteiger partial charge in [0.05, 0.1) is 10.6 Å². The van der Waals surface area contributed by atoms with Crippen LogP contribution in [0.3, 0.4) is 0 Å². The van der Waals surface area contributed by atoms with Gasteiger partial charge in [-0.3, -0.25) is 13.9 Å². The van der Waals surface area contributed by atoms with Crippen molar-refractivity contribution in [2.75, 3.05) is 17.4 Å². The van der Waals surface area contributed by atoms with E-state index in [1.807, 2.05) is 13.8 Å². The second-order valence-electron chi connectivity index (χ2n) is 9.92. The highest BCUT2D eigenvalue weighted by atomic mass is 35.5. The van der Waals surface area contributed by atoms with Crippen molar-refractivity contribution in [3.8, 4) is 0 Å². The maximum Gasteiger partial charge on any atom is 0.264 e. The summed E-state index contributed by atoms with van der Waals surface area (Å²) in [6.07, 6.45) is 0.290. The highest BCUT2D eigenvalue weighted by Gasteiger charge is 2.34. The third-order valence-corrected chi connectivity index (χ3v) is 8.64. The summed E-state index contributed by atoms with van der Waals surface area (Å²) in [4.78, 5) is 28.6. The number of carbonyl (C=O) groups is 2. The van der Waals surface area contributed by atoms with E-state index in [1.165, 1.54) is 41.3 Å². The third-order valence-electron chi connectivity index (χ3n) is 6.45. The van der Waals surface area contributed by atoms with Crippen molar-refractivity contribution in [1.82, 2.24) is 10.2 Å². The zero-order valence-corrected chi connectivity index (χ0v) is 24.7. The van der Waals surface area contributed by atoms with Gasteiger partial charge in [0.2, 0.25) is 11.8 Å². The van der Waals surface area contributed by atoms with Crippen LogP contribution in [-0.4, -0.2) is 44.3 Å². The number of amides is 2. The van der Waals surface area contributed by atoms with Crippen LogP contribution in [0.1, 0.15) is 38.3 Å². The molecule has 0 radical (unpaired) electrons. The van der Waals surface area contributed by atoms with Crippen LogP contribution in [0.5, 0.6) is 0 Å². The van der Waals surface area contributed by atoms with Gasteiger partial charge in [0.15, 0.2) is 0 Å². The summed E-state index contributed by atoms with van der Waals surface area (Å²) >= 11 is 6.35. The molecule has 7 nitrogen and oxygen atoms in total. The molecule has 0 bridgehead atoms. The van der Waals surface area contributed by atoms with Crippen molar-refractivity contribution >= 4 is 39.1 Å². The number of rotatable bonds is 12. The molecule has 3 rings (SSSR count). The standard InChI is InChI=1S/C30H35ClFN3O4S/c1-5-27(30(37)33-18-21(2)3)34(19-23-14-16-24(32)17-15-23)29(36)20-35(28-13-9-12-26(31)22(28)4)40(38,39)25-10-7-6-8-11-25/h6-17,21,27H,5,18-20H2,1-4H3,(H,33,37). The molecule has 10 heteroatoms. The van der Waals surface area contributed by atoms with E-state index in [2.05, 4.69) is 5.32 Å². The molecule has 0 saturated heterocycles. The highest BCUT2D eigenvalue weighted by Crippen LogP contribution is 2.31. The van der Waals surface area contributed by atoms with E-state index in [0.29, 0.717) is 29.1 Å². The Morgan fingerprint density at radius 1 is 0.975 bits per heavy atom. The van der Waals surface area contributed by atoms with E-state index in [9.17, 15) is 22.4 Å². The molecule has 0 aromatic heterocycles. The number of anilines is 1. The van der Waals surface area contributed by atoms with Crippen LogP contribution in [-0.2, 0) is 26.2 Å². The van der Waals surface area contributed by atoms with Gasteiger partial charge in [-0.15, -0.1) is 0 Å². The zero-order chi connectivity index (χ0) is 29.4. The fourth-order valence-corrected chi connectivity index (χ4v) is 5.89. The first-order valence-electron chi connectivity index (χ1n) is 13.1. The molecule has 1 unspecified atom stereocenters. The molecule has 0 aliphatic carbocycles. The quantitative estimate of drug-likeness (QED) is 0.300. The van der Waals surface area contributed by atoms with Crippen LogP contribution < -0.4 is 9.62 Å². The predicted molar refractivity (Wildman–Crippen MR) is 156 cm³/mol. The molecule has 0 fully saturated rings. The first kappa shape index (κ1) is 31.1. The lowest BCUT2D eigenvalue weighted by Gasteiger charge is -2.33. The average Bonchev–Trinajstić information content (AvgIpc) is 2.93. The van der Waals surface area contributed by atoms with E-state index in [-0.39, 0.29) is 29.0 Å². The summed E-state index contributed by atoms with van der Waals surface area (Å²) in [5, 5.41) is 3.23. The van der Waals surface area contributed by atoms with Crippen LogP contribution >= 0.6 is 11.6 Å². The highest BCUT2D eigenvalue weighted by molar-refractivity contribution is 7.92. The summed E-state index contributed by atoms with van der Waals surface area (Å²) < 4.78 is 42.4. The van der Waals surface area contributed by atoms with Crippen molar-refractivity contribution in [3.63, 3.8) is 0 Å². The maximum atomic E-state index is 14.0. The van der Waals surface area contributed by atoms with E-state index >= 15 is 0 Å². The lowest BCUT2D eigenvalue weighted by molar-refractivity contribution is -0.140. The van der Waals surface area contributed by atoms with Crippen LogP contribution in [0, 0.1) is 18.7 Å². The number of hydrogen-bond donors (Lipinski definition) is 1. The summed E-state index contributed by atoms with van der Waals surface area (Å²) in [6.45, 7) is 7.22. The molecule has 3 aromatic rings. The predicted octanol–water partition coefficient (Wildman–Crippen LogP) is 5.56. The minimum Gasteiger partial charge on any atom is -0.354 e. The number of nitrogens with one attached hydrogen (secondary N) is 1. The molecule has 0 saturated carbocycles. The Morgan fingerprint density at radius 3 is 2.23 bits per heavy atom. The largest absolute Gasteiger partial charge is 0.354 e. The average molecular weight is 588 g/mol. The monoisotopic (exact) mass is 587 g/mol. The van der Waals surface area contributed by atoms with Crippen LogP contribution in [0.25, 0.3) is 0 Å². The van der Waals surface area contributed by atoms with Gasteiger partial charge in [-0.1, -0.05) is 68.8 Å². The molecule has 3 aromatic carbocycles. The van der Waals surface area contributed by atoms with E-state index in [0.717, 1.165) is 4.31 Å². The molecular weight excluding hydrogens is 553 g/mol. The first-order chi connectivity index (χ1) is 18.9. The van der Waals surface area contributed by atoms with Crippen molar-refractivity contribution < 1.29 is 22.4 Å². The third kappa shape index (κ3) is 7.61. The maximum absolute atomic E-state index is 14.0. The molecule has 0 spiro atoms. The van der Waals surface area contributed by atoms with Gasteiger partial charge in [0, 0.05) is 18.1 Å². The Balaban J connectivity index is 2.07. The number of nitrogens with zero attached hydrogens (tertiary/aromatic N) is 2. The Bertz CT molecular complexity index is 1420. The van der Waals surface area contributed by atoms with E-state index in [4.69, 9.17) is 11.6 Å². The van der Waals surface area contributed by atoms with Crippen molar-refractivity contribution in [2.45, 2.75) is 51.6 Å². The van der Waals surface area contributed by atoms with Gasteiger partial charge in [0.1, 0.15) is 18.4 Å². The van der Waals surface area contributed by atoms with Gasteiger partial charge in [-0.25, -0.2) is 12.8 Å². The number of carbonyl (C=O) groups excluding carboxylic acids is 2. The van der Waals surface area contributed by atoms with E-state index in [1.54, 1.807) is 50.2 Å². The fraction of sp³-hybridized carbons (Fsp3) is 0.333. The topological polar surface area (TPSA) is 86.8 Å². The van der Waals surface area contributed by atoms with Gasteiger partial charge in [-0.2, -0.15) is 0 Å². The molecule has 0 heterocycles. The van der Waals surface area contributed by atoms with Gasteiger partial charge < -0.3 is 10.2 Å². The van der Waals surface area contributed by atoms with Crippen LogP contribution in [0.2, 0.25) is 5.02 Å². The Hall–Kier alpha value is -3.43. The molecule has 40 heavy (non-hydrogen) atoms. The Kier molecular flexibility index (Phi) is 10.7. The van der Waals surface area contributed by atoms with Crippen molar-refractivity contribution in [3.05, 3.63) is 94.8 Å². The number of benzene rings is 3. The Labute approximate surface area is 241 Å². The normalized spacial score (nSPS) is 12.2.